The lowest BCUT2D eigenvalue weighted by Crippen LogP contribution is -2.31. The number of hydrogen-bond acceptors (Lipinski definition) is 4. The number of alkyl halides is 15. The summed E-state index contributed by atoms with van der Waals surface area (Å²) in [5, 5.41) is 0. The van der Waals surface area contributed by atoms with Gasteiger partial charge in [0.1, 0.15) is 0 Å². The van der Waals surface area contributed by atoms with Crippen LogP contribution in [0.2, 0.25) is 0 Å². The average Bonchev–Trinajstić information content (AvgIpc) is 2.92. The summed E-state index contributed by atoms with van der Waals surface area (Å²) in [6.07, 6.45) is -30.5. The van der Waals surface area contributed by atoms with Crippen molar-refractivity contribution >= 4 is 0 Å². The fraction of sp³-hybridized carbons (Fsp3) is 0.867. The second-order valence-electron chi connectivity index (χ2n) is 11.2. The van der Waals surface area contributed by atoms with Crippen LogP contribution in [0.3, 0.4) is 0 Å². The Labute approximate surface area is 276 Å². The molecule has 0 fully saturated rings. The first-order chi connectivity index (χ1) is 22.1. The van der Waals surface area contributed by atoms with Gasteiger partial charge in [0.2, 0.25) is 0 Å². The van der Waals surface area contributed by atoms with Crippen LogP contribution in [0.4, 0.5) is 65.9 Å². The van der Waals surface area contributed by atoms with Crippen LogP contribution >= 0.6 is 0 Å². The summed E-state index contributed by atoms with van der Waals surface area (Å²) in [4.78, 5) is 0. The van der Waals surface area contributed by atoms with Crippen molar-refractivity contribution in [3.8, 4) is 0 Å². The van der Waals surface area contributed by atoms with Gasteiger partial charge in [-0.1, -0.05) is 27.2 Å². The van der Waals surface area contributed by atoms with Crippen LogP contribution in [0, 0.1) is 23.7 Å². The van der Waals surface area contributed by atoms with Gasteiger partial charge in [-0.15, -0.1) is 0 Å². The summed E-state index contributed by atoms with van der Waals surface area (Å²) >= 11 is 0. The minimum absolute atomic E-state index is 0.0114. The van der Waals surface area contributed by atoms with Gasteiger partial charge in [0, 0.05) is 51.2 Å². The van der Waals surface area contributed by atoms with E-state index in [0.29, 0.717) is 0 Å². The lowest BCUT2D eigenvalue weighted by molar-refractivity contribution is -0.183. The Bertz CT molecular complexity index is 935. The summed E-state index contributed by atoms with van der Waals surface area (Å²) in [6.45, 7) is 4.54. The van der Waals surface area contributed by atoms with Gasteiger partial charge in [-0.3, -0.25) is 0 Å². The number of halogens is 15. The molecule has 0 rings (SSSR count). The highest BCUT2D eigenvalue weighted by Gasteiger charge is 2.43. The number of ether oxygens (including phenoxy) is 4. The van der Waals surface area contributed by atoms with Gasteiger partial charge in [0.15, 0.2) is 0 Å². The molecule has 5 unspecified atom stereocenters. The van der Waals surface area contributed by atoms with E-state index < -0.39 is 98.9 Å². The van der Waals surface area contributed by atoms with Gasteiger partial charge in [0.05, 0.1) is 50.8 Å². The highest BCUT2D eigenvalue weighted by molar-refractivity contribution is 5.06. The molecular weight excluding hydrogens is 709 g/mol. The molecule has 0 spiro atoms. The predicted molar refractivity (Wildman–Crippen MR) is 150 cm³/mol. The Morgan fingerprint density at radius 2 is 0.694 bits per heavy atom. The zero-order valence-electron chi connectivity index (χ0n) is 28.1. The number of hydrogen-bond donors (Lipinski definition) is 0. The predicted octanol–water partition coefficient (Wildman–Crippen LogP) is 11.5. The van der Waals surface area contributed by atoms with Crippen LogP contribution < -0.4 is 0 Å². The fourth-order valence-electron chi connectivity index (χ4n) is 5.00. The zero-order chi connectivity index (χ0) is 39.0. The summed E-state index contributed by atoms with van der Waals surface area (Å²) in [5.41, 5.74) is 0. The lowest BCUT2D eigenvalue weighted by Gasteiger charge is -2.28. The lowest BCUT2D eigenvalue weighted by atomic mass is 9.91. The zero-order valence-corrected chi connectivity index (χ0v) is 28.1. The molecule has 0 aromatic heterocycles. The smallest absolute Gasteiger partial charge is 0.389 e. The van der Waals surface area contributed by atoms with Gasteiger partial charge in [-0.2, -0.15) is 65.9 Å². The molecule has 0 bridgehead atoms. The van der Waals surface area contributed by atoms with E-state index in [-0.39, 0.29) is 30.8 Å². The SMILES string of the molecule is CCC(CC(F)(F)F)/C(=C/C(OC)C(CC(F)(F)F)CC(F)(F)F)OC.CCC(CC(F)(F)F)/C(=C/C(OC)C(CC)CC(F)(F)F)OC. The van der Waals surface area contributed by atoms with E-state index in [1.165, 1.54) is 27.2 Å². The summed E-state index contributed by atoms with van der Waals surface area (Å²) < 4.78 is 209. The van der Waals surface area contributed by atoms with Crippen molar-refractivity contribution < 1.29 is 84.8 Å². The maximum absolute atomic E-state index is 12.6. The van der Waals surface area contributed by atoms with Crippen molar-refractivity contribution in [2.24, 2.45) is 23.7 Å². The van der Waals surface area contributed by atoms with Crippen molar-refractivity contribution in [2.75, 3.05) is 28.4 Å². The molecule has 0 N–H and O–H groups in total. The highest BCUT2D eigenvalue weighted by atomic mass is 19.4. The molecule has 0 radical (unpaired) electrons. The molecule has 0 aliphatic carbocycles. The van der Waals surface area contributed by atoms with E-state index in [4.69, 9.17) is 18.9 Å². The van der Waals surface area contributed by atoms with Crippen LogP contribution in [0.15, 0.2) is 23.7 Å². The third-order valence-corrected chi connectivity index (χ3v) is 7.35. The van der Waals surface area contributed by atoms with Crippen molar-refractivity contribution in [3.63, 3.8) is 0 Å². The van der Waals surface area contributed by atoms with Crippen molar-refractivity contribution in [1.29, 1.82) is 0 Å². The van der Waals surface area contributed by atoms with Crippen molar-refractivity contribution in [3.05, 3.63) is 23.7 Å². The quantitative estimate of drug-likeness (QED) is 0.103. The Hall–Kier alpha value is -2.05. The largest absolute Gasteiger partial charge is 0.501 e. The molecule has 4 nitrogen and oxygen atoms in total. The van der Waals surface area contributed by atoms with Crippen LogP contribution in [0.5, 0.6) is 0 Å². The third-order valence-electron chi connectivity index (χ3n) is 7.35. The highest BCUT2D eigenvalue weighted by Crippen LogP contribution is 2.38. The van der Waals surface area contributed by atoms with Gasteiger partial charge in [-0.25, -0.2) is 0 Å². The second-order valence-corrected chi connectivity index (χ2v) is 11.2. The molecule has 19 heteroatoms. The van der Waals surface area contributed by atoms with E-state index in [9.17, 15) is 65.9 Å². The van der Waals surface area contributed by atoms with Crippen LogP contribution in [-0.2, 0) is 18.9 Å². The van der Waals surface area contributed by atoms with Gasteiger partial charge >= 0.3 is 30.9 Å². The Kier molecular flexibility index (Phi) is 21.4. The minimum atomic E-state index is -4.90. The first-order valence-electron chi connectivity index (χ1n) is 15.0. The van der Waals surface area contributed by atoms with E-state index in [2.05, 4.69) is 0 Å². The van der Waals surface area contributed by atoms with E-state index in [0.717, 1.165) is 20.3 Å². The van der Waals surface area contributed by atoms with Crippen LogP contribution in [0.25, 0.3) is 0 Å². The summed E-state index contributed by atoms with van der Waals surface area (Å²) in [7, 11) is 4.33. The molecular formula is C30H45F15O4. The maximum atomic E-state index is 12.6. The third kappa shape index (κ3) is 23.9. The monoisotopic (exact) mass is 754 g/mol. The average molecular weight is 755 g/mol. The van der Waals surface area contributed by atoms with Gasteiger partial charge < -0.3 is 18.9 Å². The topological polar surface area (TPSA) is 36.9 Å². The minimum Gasteiger partial charge on any atom is -0.501 e. The molecule has 0 aliphatic heterocycles. The first-order valence-corrected chi connectivity index (χ1v) is 15.0. The second kappa shape index (κ2) is 21.3. The van der Waals surface area contributed by atoms with Crippen LogP contribution in [-0.4, -0.2) is 71.5 Å². The van der Waals surface area contributed by atoms with Crippen molar-refractivity contribution in [2.45, 2.75) is 115 Å². The van der Waals surface area contributed by atoms with E-state index >= 15 is 0 Å². The number of rotatable bonds is 18. The molecule has 0 aromatic rings. The summed E-state index contributed by atoms with van der Waals surface area (Å²) in [6, 6.07) is 0. The Morgan fingerprint density at radius 3 is 0.898 bits per heavy atom. The molecule has 0 saturated heterocycles. The number of allylic oxidation sites excluding steroid dienone is 2. The molecule has 0 aromatic carbocycles. The molecule has 49 heavy (non-hydrogen) atoms. The van der Waals surface area contributed by atoms with E-state index in [1.807, 2.05) is 0 Å². The normalized spacial score (nSPS) is 17.2. The summed E-state index contributed by atoms with van der Waals surface area (Å²) in [5.74, 6) is -5.46. The molecule has 5 atom stereocenters. The molecule has 0 saturated carbocycles. The maximum Gasteiger partial charge on any atom is 0.389 e. The van der Waals surface area contributed by atoms with Gasteiger partial charge in [0.25, 0.3) is 0 Å². The molecule has 0 aliphatic rings. The van der Waals surface area contributed by atoms with E-state index in [1.54, 1.807) is 13.8 Å². The van der Waals surface area contributed by atoms with Crippen molar-refractivity contribution in [1.82, 2.24) is 0 Å². The molecule has 0 amide bonds. The number of methoxy groups -OCH3 is 4. The standard InChI is InChI=1S/C15H21F9O2.C15H24F6O2/c1-4-9(6-13(16,17)18)11(25-2)5-12(26-3)10(7-14(19,20)21)8-15(22,23)24;1-5-10(8-14(16,17)18)12(22-3)7-13(23-4)11(6-2)9-15(19,20)21/h5,9-10,12H,4,6-8H2,1-3H3;7,10-12H,5-6,8-9H2,1-4H3/b11-5-;13-7-. The first kappa shape index (κ1) is 49.1. The van der Waals surface area contributed by atoms with Gasteiger partial charge in [-0.05, 0) is 30.9 Å². The molecule has 294 valence electrons. The Morgan fingerprint density at radius 1 is 0.429 bits per heavy atom. The fourth-order valence-corrected chi connectivity index (χ4v) is 5.00. The molecule has 0 heterocycles. The van der Waals surface area contributed by atoms with Crippen LogP contribution in [0.1, 0.15) is 72.1 Å². The Balaban J connectivity index is 0.